The van der Waals surface area contributed by atoms with E-state index in [2.05, 4.69) is 4.98 Å². The van der Waals surface area contributed by atoms with Crippen LogP contribution in [0.5, 0.6) is 0 Å². The molecule has 1 aromatic heterocycles. The first-order valence-corrected chi connectivity index (χ1v) is 4.40. The quantitative estimate of drug-likeness (QED) is 0.458. The van der Waals surface area contributed by atoms with Crippen molar-refractivity contribution < 1.29 is 0 Å². The molecule has 0 aliphatic heterocycles. The van der Waals surface area contributed by atoms with Crippen LogP contribution in [-0.2, 0) is 5.41 Å². The van der Waals surface area contributed by atoms with E-state index in [1.807, 2.05) is 20.8 Å². The molecule has 0 atom stereocenters. The van der Waals surface area contributed by atoms with Gasteiger partial charge in [-0.2, -0.15) is 0 Å². The van der Waals surface area contributed by atoms with Crippen molar-refractivity contribution in [2.24, 2.45) is 5.73 Å². The molecule has 0 aliphatic rings. The highest BCUT2D eigenvalue weighted by molar-refractivity contribution is 5.94. The van der Waals surface area contributed by atoms with Gasteiger partial charge in [0.25, 0.3) is 5.56 Å². The zero-order valence-corrected chi connectivity index (χ0v) is 8.64. The van der Waals surface area contributed by atoms with Crippen molar-refractivity contribution in [3.8, 4) is 0 Å². The Balaban J connectivity index is 3.27. The molecular formula is C10H15N3O. The van der Waals surface area contributed by atoms with Gasteiger partial charge in [-0.1, -0.05) is 20.8 Å². The van der Waals surface area contributed by atoms with Crippen LogP contribution in [0.15, 0.2) is 16.9 Å². The van der Waals surface area contributed by atoms with Gasteiger partial charge in [-0.05, 0) is 12.1 Å². The van der Waals surface area contributed by atoms with E-state index in [9.17, 15) is 4.79 Å². The average Bonchev–Trinajstić information content (AvgIpc) is 2.01. The second-order valence-corrected chi connectivity index (χ2v) is 4.28. The Labute approximate surface area is 82.7 Å². The molecule has 0 aromatic carbocycles. The number of rotatable bonds is 1. The van der Waals surface area contributed by atoms with Gasteiger partial charge in [0, 0.05) is 11.1 Å². The Kier molecular flexibility index (Phi) is 2.47. The highest BCUT2D eigenvalue weighted by Crippen LogP contribution is 2.18. The molecule has 1 aromatic rings. The van der Waals surface area contributed by atoms with E-state index in [4.69, 9.17) is 11.1 Å². The molecule has 4 nitrogen and oxygen atoms in total. The largest absolute Gasteiger partial charge is 0.384 e. The number of pyridine rings is 1. The van der Waals surface area contributed by atoms with Crippen molar-refractivity contribution in [1.29, 1.82) is 5.41 Å². The third-order valence-corrected chi connectivity index (χ3v) is 2.01. The van der Waals surface area contributed by atoms with Gasteiger partial charge in [-0.15, -0.1) is 0 Å². The lowest BCUT2D eigenvalue weighted by Gasteiger charge is -2.18. The van der Waals surface area contributed by atoms with Crippen LogP contribution < -0.4 is 11.3 Å². The molecule has 0 amide bonds. The van der Waals surface area contributed by atoms with Gasteiger partial charge in [0.15, 0.2) is 0 Å². The molecule has 0 saturated heterocycles. The first kappa shape index (κ1) is 10.5. The van der Waals surface area contributed by atoms with Gasteiger partial charge in [-0.3, -0.25) is 10.2 Å². The Hall–Kier alpha value is -1.58. The van der Waals surface area contributed by atoms with Crippen LogP contribution in [0.25, 0.3) is 0 Å². The van der Waals surface area contributed by atoms with Crippen molar-refractivity contribution >= 4 is 5.84 Å². The fraction of sp³-hybridized carbons (Fsp3) is 0.400. The summed E-state index contributed by atoms with van der Waals surface area (Å²) in [5.74, 6) is -0.202. The maximum Gasteiger partial charge on any atom is 0.259 e. The second-order valence-electron chi connectivity index (χ2n) is 4.28. The molecular weight excluding hydrogens is 178 g/mol. The van der Waals surface area contributed by atoms with Crippen LogP contribution in [0, 0.1) is 5.41 Å². The summed E-state index contributed by atoms with van der Waals surface area (Å²) >= 11 is 0. The van der Waals surface area contributed by atoms with Crippen LogP contribution in [-0.4, -0.2) is 10.8 Å². The van der Waals surface area contributed by atoms with Crippen LogP contribution in [0.3, 0.4) is 0 Å². The molecule has 0 aliphatic carbocycles. The molecule has 4 heteroatoms. The Morgan fingerprint density at radius 1 is 1.43 bits per heavy atom. The predicted octanol–water partition coefficient (Wildman–Crippen LogP) is 0.956. The molecule has 0 unspecified atom stereocenters. The summed E-state index contributed by atoms with van der Waals surface area (Å²) in [5, 5.41) is 7.16. The van der Waals surface area contributed by atoms with E-state index in [0.29, 0.717) is 0 Å². The summed E-state index contributed by atoms with van der Waals surface area (Å²) in [6.45, 7) is 6.02. The Morgan fingerprint density at radius 3 is 2.36 bits per heavy atom. The molecule has 0 spiro atoms. The number of amidine groups is 1. The maximum absolute atomic E-state index is 11.5. The van der Waals surface area contributed by atoms with Gasteiger partial charge in [0.2, 0.25) is 0 Å². The van der Waals surface area contributed by atoms with Crippen molar-refractivity contribution in [2.45, 2.75) is 26.2 Å². The normalized spacial score (nSPS) is 11.4. The van der Waals surface area contributed by atoms with Crippen molar-refractivity contribution in [3.63, 3.8) is 0 Å². The third kappa shape index (κ3) is 2.02. The molecule has 1 heterocycles. The van der Waals surface area contributed by atoms with E-state index in [-0.39, 0.29) is 22.4 Å². The maximum atomic E-state index is 11.5. The highest BCUT2D eigenvalue weighted by atomic mass is 16.1. The van der Waals surface area contributed by atoms with E-state index < -0.39 is 0 Å². The number of aromatic amines is 1. The zero-order chi connectivity index (χ0) is 10.9. The Morgan fingerprint density at radius 2 is 2.00 bits per heavy atom. The molecule has 4 N–H and O–H groups in total. The van der Waals surface area contributed by atoms with E-state index in [0.717, 1.165) is 5.69 Å². The minimum Gasteiger partial charge on any atom is -0.384 e. The molecule has 0 radical (unpaired) electrons. The van der Waals surface area contributed by atoms with Gasteiger partial charge >= 0.3 is 0 Å². The third-order valence-electron chi connectivity index (χ3n) is 2.01. The van der Waals surface area contributed by atoms with Gasteiger partial charge < -0.3 is 10.7 Å². The number of H-pyrrole nitrogens is 1. The van der Waals surface area contributed by atoms with Crippen LogP contribution in [0.2, 0.25) is 0 Å². The lowest BCUT2D eigenvalue weighted by Crippen LogP contribution is -2.26. The number of nitrogens with one attached hydrogen (secondary N) is 2. The smallest absolute Gasteiger partial charge is 0.259 e. The van der Waals surface area contributed by atoms with Crippen molar-refractivity contribution in [3.05, 3.63) is 33.7 Å². The van der Waals surface area contributed by atoms with Crippen molar-refractivity contribution in [2.75, 3.05) is 0 Å². The van der Waals surface area contributed by atoms with Crippen molar-refractivity contribution in [1.82, 2.24) is 4.98 Å². The summed E-state index contributed by atoms with van der Waals surface area (Å²) in [4.78, 5) is 14.2. The zero-order valence-electron chi connectivity index (χ0n) is 8.64. The highest BCUT2D eigenvalue weighted by Gasteiger charge is 2.15. The number of nitrogen functional groups attached to an aromatic ring is 1. The monoisotopic (exact) mass is 193 g/mol. The SMILES string of the molecule is CC(C)(C)c1ccc(C(=N)N)c(=O)[nH]1. The lowest BCUT2D eigenvalue weighted by molar-refractivity contribution is 0.566. The summed E-state index contributed by atoms with van der Waals surface area (Å²) < 4.78 is 0. The van der Waals surface area contributed by atoms with Gasteiger partial charge in [0.1, 0.15) is 5.84 Å². The Bertz CT molecular complexity index is 412. The molecule has 0 saturated carbocycles. The fourth-order valence-electron chi connectivity index (χ4n) is 1.12. The number of nitrogens with two attached hydrogens (primary N) is 1. The standard InChI is InChI=1S/C10H15N3O/c1-10(2,3)7-5-4-6(8(11)12)9(14)13-7/h4-5H,1-3H3,(H3,11,12)(H,13,14). The summed E-state index contributed by atoms with van der Waals surface area (Å²) in [6.07, 6.45) is 0. The number of hydrogen-bond donors (Lipinski definition) is 3. The summed E-state index contributed by atoms with van der Waals surface area (Å²) in [7, 11) is 0. The molecule has 0 bridgehead atoms. The molecule has 1 rings (SSSR count). The van der Waals surface area contributed by atoms with Gasteiger partial charge in [-0.25, -0.2) is 0 Å². The van der Waals surface area contributed by atoms with Crippen LogP contribution >= 0.6 is 0 Å². The summed E-state index contributed by atoms with van der Waals surface area (Å²) in [5.41, 5.74) is 5.89. The lowest BCUT2D eigenvalue weighted by atomic mass is 9.91. The molecule has 76 valence electrons. The minimum absolute atomic E-state index is 0.103. The van der Waals surface area contributed by atoms with Crippen LogP contribution in [0.4, 0.5) is 0 Å². The molecule has 0 fully saturated rings. The first-order valence-electron chi connectivity index (χ1n) is 4.40. The van der Waals surface area contributed by atoms with Crippen LogP contribution in [0.1, 0.15) is 32.0 Å². The second kappa shape index (κ2) is 3.29. The average molecular weight is 193 g/mol. The fourth-order valence-corrected chi connectivity index (χ4v) is 1.12. The molecule has 14 heavy (non-hydrogen) atoms. The topological polar surface area (TPSA) is 82.7 Å². The van der Waals surface area contributed by atoms with E-state index in [1.165, 1.54) is 0 Å². The van der Waals surface area contributed by atoms with Gasteiger partial charge in [0.05, 0.1) is 5.56 Å². The van der Waals surface area contributed by atoms with E-state index >= 15 is 0 Å². The minimum atomic E-state index is -0.301. The van der Waals surface area contributed by atoms with E-state index in [1.54, 1.807) is 12.1 Å². The number of aromatic nitrogens is 1. The number of hydrogen-bond acceptors (Lipinski definition) is 2. The summed E-state index contributed by atoms with van der Waals surface area (Å²) in [6, 6.07) is 3.37. The first-order chi connectivity index (χ1) is 6.32. The predicted molar refractivity (Wildman–Crippen MR) is 56.8 cm³/mol.